The number of amides is 1. The first-order valence-electron chi connectivity index (χ1n) is 6.76. The van der Waals surface area contributed by atoms with Crippen LogP contribution < -0.4 is 5.73 Å². The van der Waals surface area contributed by atoms with E-state index in [2.05, 4.69) is 6.92 Å². The van der Waals surface area contributed by atoms with Gasteiger partial charge in [0, 0.05) is 24.3 Å². The molecule has 18 heavy (non-hydrogen) atoms. The molecule has 1 unspecified atom stereocenters. The minimum Gasteiger partial charge on any atom is -0.399 e. The Bertz CT molecular complexity index is 422. The minimum absolute atomic E-state index is 0.129. The Hall–Kier alpha value is -1.51. The van der Waals surface area contributed by atoms with Crippen LogP contribution in [0.5, 0.6) is 0 Å². The summed E-state index contributed by atoms with van der Waals surface area (Å²) >= 11 is 0. The lowest BCUT2D eigenvalue weighted by Gasteiger charge is -2.17. The average Bonchev–Trinajstić information content (AvgIpc) is 2.76. The van der Waals surface area contributed by atoms with Gasteiger partial charge in [-0.05, 0) is 49.4 Å². The van der Waals surface area contributed by atoms with E-state index in [9.17, 15) is 4.79 Å². The zero-order valence-electron chi connectivity index (χ0n) is 11.3. The van der Waals surface area contributed by atoms with Gasteiger partial charge in [-0.2, -0.15) is 0 Å². The number of aryl methyl sites for hydroxylation is 1. The summed E-state index contributed by atoms with van der Waals surface area (Å²) in [4.78, 5) is 14.3. The standard InChI is InChI=1S/C15H22N2O/c1-3-4-12-5-6-17(10-12)15(18)13-7-11(2)8-14(16)9-13/h7-9,12H,3-6,10,16H2,1-2H3. The summed E-state index contributed by atoms with van der Waals surface area (Å²) < 4.78 is 0. The Labute approximate surface area is 109 Å². The monoisotopic (exact) mass is 246 g/mol. The highest BCUT2D eigenvalue weighted by Gasteiger charge is 2.26. The van der Waals surface area contributed by atoms with Gasteiger partial charge in [0.25, 0.3) is 5.91 Å². The molecule has 3 nitrogen and oxygen atoms in total. The van der Waals surface area contributed by atoms with Crippen LogP contribution >= 0.6 is 0 Å². The third-order valence-electron chi connectivity index (χ3n) is 3.62. The summed E-state index contributed by atoms with van der Waals surface area (Å²) in [6.07, 6.45) is 3.56. The van der Waals surface area contributed by atoms with Crippen molar-refractivity contribution in [2.45, 2.75) is 33.1 Å². The number of nitrogens with zero attached hydrogens (tertiary/aromatic N) is 1. The molecule has 2 N–H and O–H groups in total. The van der Waals surface area contributed by atoms with Crippen LogP contribution in [0.2, 0.25) is 0 Å². The molecule has 1 aliphatic rings. The molecule has 0 saturated carbocycles. The molecule has 1 heterocycles. The summed E-state index contributed by atoms with van der Waals surface area (Å²) in [6, 6.07) is 5.59. The van der Waals surface area contributed by atoms with E-state index in [1.165, 1.54) is 12.8 Å². The number of likely N-dealkylation sites (tertiary alicyclic amines) is 1. The van der Waals surface area contributed by atoms with Crippen molar-refractivity contribution in [3.63, 3.8) is 0 Å². The van der Waals surface area contributed by atoms with Gasteiger partial charge in [0.15, 0.2) is 0 Å². The third kappa shape index (κ3) is 2.84. The van der Waals surface area contributed by atoms with Crippen LogP contribution in [0.15, 0.2) is 18.2 Å². The number of carbonyl (C=O) groups is 1. The molecule has 1 aliphatic heterocycles. The van der Waals surface area contributed by atoms with E-state index in [0.29, 0.717) is 11.6 Å². The zero-order valence-corrected chi connectivity index (χ0v) is 11.3. The molecular weight excluding hydrogens is 224 g/mol. The van der Waals surface area contributed by atoms with Crippen molar-refractivity contribution in [3.05, 3.63) is 29.3 Å². The Balaban J connectivity index is 2.08. The van der Waals surface area contributed by atoms with E-state index >= 15 is 0 Å². The molecule has 0 spiro atoms. The lowest BCUT2D eigenvalue weighted by Crippen LogP contribution is -2.28. The first-order valence-corrected chi connectivity index (χ1v) is 6.76. The number of nitrogens with two attached hydrogens (primary N) is 1. The highest BCUT2D eigenvalue weighted by Crippen LogP contribution is 2.23. The summed E-state index contributed by atoms with van der Waals surface area (Å²) in [5, 5.41) is 0. The Morgan fingerprint density at radius 3 is 2.89 bits per heavy atom. The van der Waals surface area contributed by atoms with E-state index in [4.69, 9.17) is 5.73 Å². The molecule has 0 aliphatic carbocycles. The molecule has 1 atom stereocenters. The topological polar surface area (TPSA) is 46.3 Å². The van der Waals surface area contributed by atoms with E-state index in [1.807, 2.05) is 24.0 Å². The minimum atomic E-state index is 0.129. The lowest BCUT2D eigenvalue weighted by atomic mass is 10.0. The van der Waals surface area contributed by atoms with Gasteiger partial charge >= 0.3 is 0 Å². The number of anilines is 1. The van der Waals surface area contributed by atoms with Crippen molar-refractivity contribution in [3.8, 4) is 0 Å². The Kier molecular flexibility index (Phi) is 3.90. The maximum Gasteiger partial charge on any atom is 0.253 e. The summed E-state index contributed by atoms with van der Waals surface area (Å²) in [6.45, 7) is 5.96. The van der Waals surface area contributed by atoms with Crippen LogP contribution in [0.1, 0.15) is 42.1 Å². The van der Waals surface area contributed by atoms with Gasteiger partial charge in [-0.1, -0.05) is 13.3 Å². The number of nitrogen functional groups attached to an aromatic ring is 1. The summed E-state index contributed by atoms with van der Waals surface area (Å²) in [5.74, 6) is 0.810. The fourth-order valence-electron chi connectivity index (χ4n) is 2.78. The van der Waals surface area contributed by atoms with Gasteiger partial charge in [0.1, 0.15) is 0 Å². The van der Waals surface area contributed by atoms with Crippen LogP contribution in [-0.4, -0.2) is 23.9 Å². The molecule has 1 fully saturated rings. The van der Waals surface area contributed by atoms with Gasteiger partial charge in [-0.25, -0.2) is 0 Å². The third-order valence-corrected chi connectivity index (χ3v) is 3.62. The van der Waals surface area contributed by atoms with Crippen molar-refractivity contribution in [1.82, 2.24) is 4.90 Å². The fraction of sp³-hybridized carbons (Fsp3) is 0.533. The molecular formula is C15H22N2O. The average molecular weight is 246 g/mol. The van der Waals surface area contributed by atoms with E-state index in [-0.39, 0.29) is 5.91 Å². The second-order valence-electron chi connectivity index (χ2n) is 5.33. The van der Waals surface area contributed by atoms with Crippen molar-refractivity contribution < 1.29 is 4.79 Å². The fourth-order valence-corrected chi connectivity index (χ4v) is 2.78. The molecule has 98 valence electrons. The molecule has 2 rings (SSSR count). The second-order valence-corrected chi connectivity index (χ2v) is 5.33. The van der Waals surface area contributed by atoms with Crippen LogP contribution in [-0.2, 0) is 0 Å². The van der Waals surface area contributed by atoms with Crippen LogP contribution in [0.4, 0.5) is 5.69 Å². The van der Waals surface area contributed by atoms with E-state index < -0.39 is 0 Å². The van der Waals surface area contributed by atoms with Gasteiger partial charge in [0.2, 0.25) is 0 Å². The molecule has 1 aromatic rings. The highest BCUT2D eigenvalue weighted by molar-refractivity contribution is 5.95. The van der Waals surface area contributed by atoms with Crippen molar-refractivity contribution in [2.75, 3.05) is 18.8 Å². The van der Waals surface area contributed by atoms with Crippen molar-refractivity contribution >= 4 is 11.6 Å². The summed E-state index contributed by atoms with van der Waals surface area (Å²) in [7, 11) is 0. The van der Waals surface area contributed by atoms with E-state index in [0.717, 1.165) is 30.6 Å². The number of carbonyl (C=O) groups excluding carboxylic acids is 1. The highest BCUT2D eigenvalue weighted by atomic mass is 16.2. The van der Waals surface area contributed by atoms with E-state index in [1.54, 1.807) is 6.07 Å². The zero-order chi connectivity index (χ0) is 13.1. The quantitative estimate of drug-likeness (QED) is 0.834. The molecule has 0 radical (unpaired) electrons. The van der Waals surface area contributed by atoms with Gasteiger partial charge in [0.05, 0.1) is 0 Å². The maximum absolute atomic E-state index is 12.4. The van der Waals surface area contributed by atoms with Gasteiger partial charge in [-0.3, -0.25) is 4.79 Å². The Morgan fingerprint density at radius 1 is 1.44 bits per heavy atom. The molecule has 0 aromatic heterocycles. The normalized spacial score (nSPS) is 19.2. The van der Waals surface area contributed by atoms with Crippen LogP contribution in [0.25, 0.3) is 0 Å². The Morgan fingerprint density at radius 2 is 2.22 bits per heavy atom. The number of rotatable bonds is 3. The van der Waals surface area contributed by atoms with Crippen molar-refractivity contribution in [1.29, 1.82) is 0 Å². The lowest BCUT2D eigenvalue weighted by molar-refractivity contribution is 0.0786. The van der Waals surface area contributed by atoms with Crippen molar-refractivity contribution in [2.24, 2.45) is 5.92 Å². The smallest absolute Gasteiger partial charge is 0.253 e. The first kappa shape index (κ1) is 12.9. The predicted octanol–water partition coefficient (Wildman–Crippen LogP) is 2.84. The van der Waals surface area contributed by atoms with Crippen LogP contribution in [0.3, 0.4) is 0 Å². The number of benzene rings is 1. The summed E-state index contributed by atoms with van der Waals surface area (Å²) in [5.41, 5.74) is 8.24. The maximum atomic E-state index is 12.4. The first-order chi connectivity index (χ1) is 8.60. The molecule has 3 heteroatoms. The van der Waals surface area contributed by atoms with Gasteiger partial charge < -0.3 is 10.6 Å². The SMILES string of the molecule is CCCC1CCN(C(=O)c2cc(C)cc(N)c2)C1. The second kappa shape index (κ2) is 5.42. The predicted molar refractivity (Wildman–Crippen MR) is 74.5 cm³/mol. The largest absolute Gasteiger partial charge is 0.399 e. The molecule has 0 bridgehead atoms. The number of hydrogen-bond acceptors (Lipinski definition) is 2. The molecule has 1 saturated heterocycles. The van der Waals surface area contributed by atoms with Gasteiger partial charge in [-0.15, -0.1) is 0 Å². The number of hydrogen-bond donors (Lipinski definition) is 1. The van der Waals surface area contributed by atoms with Crippen LogP contribution in [0, 0.1) is 12.8 Å². The molecule has 1 aromatic carbocycles. The molecule has 1 amide bonds.